The molecule has 0 aliphatic heterocycles. The van der Waals surface area contributed by atoms with E-state index in [1.54, 1.807) is 6.07 Å². The van der Waals surface area contributed by atoms with Crippen molar-refractivity contribution in [2.24, 2.45) is 5.73 Å². The van der Waals surface area contributed by atoms with Gasteiger partial charge in [-0.1, -0.05) is 6.07 Å². The summed E-state index contributed by atoms with van der Waals surface area (Å²) in [5.41, 5.74) is 7.47. The predicted octanol–water partition coefficient (Wildman–Crippen LogP) is 3.46. The Hall–Kier alpha value is -1.46. The molecule has 96 valence electrons. The highest BCUT2D eigenvalue weighted by Gasteiger charge is 2.13. The van der Waals surface area contributed by atoms with E-state index < -0.39 is 0 Å². The first kappa shape index (κ1) is 13.0. The van der Waals surface area contributed by atoms with Gasteiger partial charge in [-0.3, -0.25) is 0 Å². The van der Waals surface area contributed by atoms with Crippen LogP contribution in [0, 0.1) is 5.82 Å². The molecule has 1 heterocycles. The normalized spacial score (nSPS) is 12.4. The van der Waals surface area contributed by atoms with E-state index in [0.717, 1.165) is 23.1 Å². The quantitative estimate of drug-likeness (QED) is 0.920. The summed E-state index contributed by atoms with van der Waals surface area (Å²) in [6.45, 7) is 4.64. The summed E-state index contributed by atoms with van der Waals surface area (Å²) in [5, 5.41) is 2.79. The molecule has 3 nitrogen and oxygen atoms in total. The number of hydrogen-bond donors (Lipinski definition) is 1. The van der Waals surface area contributed by atoms with Crippen LogP contribution in [0.1, 0.15) is 25.6 Å². The van der Waals surface area contributed by atoms with E-state index in [1.165, 1.54) is 23.5 Å². The molecule has 0 saturated carbocycles. The fourth-order valence-electron chi connectivity index (χ4n) is 1.68. The molecule has 1 unspecified atom stereocenters. The second-order valence-electron chi connectivity index (χ2n) is 4.07. The Bertz CT molecular complexity index is 524. The molecule has 0 saturated heterocycles. The number of benzene rings is 1. The SMILES string of the molecule is CCN(c1cccc(F)c1)c1nc(C(C)N)cs1. The van der Waals surface area contributed by atoms with Crippen molar-refractivity contribution in [1.82, 2.24) is 4.98 Å². The zero-order valence-corrected chi connectivity index (χ0v) is 11.2. The van der Waals surface area contributed by atoms with E-state index in [4.69, 9.17) is 5.73 Å². The maximum absolute atomic E-state index is 13.2. The molecule has 0 aliphatic rings. The van der Waals surface area contributed by atoms with Gasteiger partial charge in [0.1, 0.15) is 5.82 Å². The average molecular weight is 265 g/mol. The maximum atomic E-state index is 13.2. The number of halogens is 1. The molecular formula is C13H16FN3S. The number of hydrogen-bond acceptors (Lipinski definition) is 4. The summed E-state index contributed by atoms with van der Waals surface area (Å²) >= 11 is 1.52. The molecule has 0 spiro atoms. The van der Waals surface area contributed by atoms with Crippen LogP contribution >= 0.6 is 11.3 Å². The van der Waals surface area contributed by atoms with Crippen molar-refractivity contribution in [2.45, 2.75) is 19.9 Å². The standard InChI is InChI=1S/C13H16FN3S/c1-3-17(11-6-4-5-10(14)7-11)13-16-12(8-18-13)9(2)15/h4-9H,3,15H2,1-2H3. The van der Waals surface area contributed by atoms with E-state index in [0.29, 0.717) is 0 Å². The fraction of sp³-hybridized carbons (Fsp3) is 0.308. The molecule has 1 aromatic carbocycles. The third-order valence-corrected chi connectivity index (χ3v) is 3.53. The second kappa shape index (κ2) is 5.46. The molecule has 2 aromatic rings. The third-order valence-electron chi connectivity index (χ3n) is 2.64. The highest BCUT2D eigenvalue weighted by molar-refractivity contribution is 7.13. The number of anilines is 2. The first-order chi connectivity index (χ1) is 8.61. The number of nitrogens with two attached hydrogens (primary N) is 1. The highest BCUT2D eigenvalue weighted by Crippen LogP contribution is 2.29. The first-order valence-electron chi connectivity index (χ1n) is 5.86. The van der Waals surface area contributed by atoms with Gasteiger partial charge in [0.05, 0.1) is 5.69 Å². The minimum Gasteiger partial charge on any atom is -0.323 e. The van der Waals surface area contributed by atoms with Crippen LogP contribution in [0.5, 0.6) is 0 Å². The number of nitrogens with zero attached hydrogens (tertiary/aromatic N) is 2. The van der Waals surface area contributed by atoms with Crippen molar-refractivity contribution in [1.29, 1.82) is 0 Å². The van der Waals surface area contributed by atoms with E-state index in [9.17, 15) is 4.39 Å². The lowest BCUT2D eigenvalue weighted by atomic mass is 10.3. The smallest absolute Gasteiger partial charge is 0.190 e. The second-order valence-corrected chi connectivity index (χ2v) is 4.90. The van der Waals surface area contributed by atoms with Crippen LogP contribution in [-0.4, -0.2) is 11.5 Å². The minimum absolute atomic E-state index is 0.0822. The highest BCUT2D eigenvalue weighted by atomic mass is 32.1. The summed E-state index contributed by atoms with van der Waals surface area (Å²) in [5.74, 6) is -0.241. The van der Waals surface area contributed by atoms with Gasteiger partial charge >= 0.3 is 0 Å². The molecule has 0 bridgehead atoms. The summed E-state index contributed by atoms with van der Waals surface area (Å²) in [6, 6.07) is 6.44. The average Bonchev–Trinajstić information content (AvgIpc) is 2.80. The van der Waals surface area contributed by atoms with Crippen LogP contribution < -0.4 is 10.6 Å². The molecule has 0 aliphatic carbocycles. The summed E-state index contributed by atoms with van der Waals surface area (Å²) in [6.07, 6.45) is 0. The van der Waals surface area contributed by atoms with Crippen molar-refractivity contribution >= 4 is 22.2 Å². The molecule has 5 heteroatoms. The molecule has 1 aromatic heterocycles. The van der Waals surface area contributed by atoms with Gasteiger partial charge in [0.25, 0.3) is 0 Å². The Kier molecular flexibility index (Phi) is 3.93. The summed E-state index contributed by atoms with van der Waals surface area (Å²) < 4.78 is 13.2. The van der Waals surface area contributed by atoms with E-state index in [2.05, 4.69) is 4.98 Å². The van der Waals surface area contributed by atoms with Crippen LogP contribution in [0.15, 0.2) is 29.6 Å². The van der Waals surface area contributed by atoms with Crippen LogP contribution in [-0.2, 0) is 0 Å². The Morgan fingerprint density at radius 3 is 2.83 bits per heavy atom. The van der Waals surface area contributed by atoms with E-state index in [1.807, 2.05) is 30.2 Å². The van der Waals surface area contributed by atoms with Crippen molar-refractivity contribution < 1.29 is 4.39 Å². The molecule has 0 fully saturated rings. The van der Waals surface area contributed by atoms with Gasteiger partial charge < -0.3 is 10.6 Å². The molecule has 2 rings (SSSR count). The number of thiazole rings is 1. The van der Waals surface area contributed by atoms with Crippen molar-refractivity contribution in [3.05, 3.63) is 41.2 Å². The zero-order chi connectivity index (χ0) is 13.1. The molecular weight excluding hydrogens is 249 g/mol. The summed E-state index contributed by atoms with van der Waals surface area (Å²) in [4.78, 5) is 6.46. The monoisotopic (exact) mass is 265 g/mol. The van der Waals surface area contributed by atoms with E-state index in [-0.39, 0.29) is 11.9 Å². The number of aromatic nitrogens is 1. The van der Waals surface area contributed by atoms with E-state index >= 15 is 0 Å². The minimum atomic E-state index is -0.241. The lowest BCUT2D eigenvalue weighted by Crippen LogP contribution is -2.16. The van der Waals surface area contributed by atoms with Crippen LogP contribution in [0.25, 0.3) is 0 Å². The first-order valence-corrected chi connectivity index (χ1v) is 6.74. The summed E-state index contributed by atoms with van der Waals surface area (Å²) in [7, 11) is 0. The molecule has 1 atom stereocenters. The molecule has 0 radical (unpaired) electrons. The lowest BCUT2D eigenvalue weighted by Gasteiger charge is -2.19. The van der Waals surface area contributed by atoms with Gasteiger partial charge in [-0.25, -0.2) is 9.37 Å². The Morgan fingerprint density at radius 1 is 1.50 bits per heavy atom. The Morgan fingerprint density at radius 2 is 2.28 bits per heavy atom. The molecule has 0 amide bonds. The van der Waals surface area contributed by atoms with Gasteiger partial charge in [0.15, 0.2) is 5.13 Å². The van der Waals surface area contributed by atoms with Crippen LogP contribution in [0.3, 0.4) is 0 Å². The van der Waals surface area contributed by atoms with Crippen LogP contribution in [0.4, 0.5) is 15.2 Å². The van der Waals surface area contributed by atoms with Gasteiger partial charge in [0.2, 0.25) is 0 Å². The third kappa shape index (κ3) is 2.68. The Labute approximate surface area is 110 Å². The van der Waals surface area contributed by atoms with Crippen LogP contribution in [0.2, 0.25) is 0 Å². The number of rotatable bonds is 4. The maximum Gasteiger partial charge on any atom is 0.190 e. The fourth-order valence-corrected chi connectivity index (χ4v) is 2.70. The van der Waals surface area contributed by atoms with Crippen molar-refractivity contribution in [3.8, 4) is 0 Å². The predicted molar refractivity (Wildman–Crippen MR) is 73.8 cm³/mol. The molecule has 18 heavy (non-hydrogen) atoms. The van der Waals surface area contributed by atoms with Crippen molar-refractivity contribution in [3.63, 3.8) is 0 Å². The van der Waals surface area contributed by atoms with Crippen molar-refractivity contribution in [2.75, 3.05) is 11.4 Å². The van der Waals surface area contributed by atoms with Gasteiger partial charge in [0, 0.05) is 23.7 Å². The molecule has 2 N–H and O–H groups in total. The lowest BCUT2D eigenvalue weighted by molar-refractivity contribution is 0.627. The van der Waals surface area contributed by atoms with Gasteiger partial charge in [-0.05, 0) is 32.0 Å². The topological polar surface area (TPSA) is 42.2 Å². The largest absolute Gasteiger partial charge is 0.323 e. The van der Waals surface area contributed by atoms with Gasteiger partial charge in [-0.15, -0.1) is 11.3 Å². The zero-order valence-electron chi connectivity index (χ0n) is 10.4. The Balaban J connectivity index is 2.33. The van der Waals surface area contributed by atoms with Gasteiger partial charge in [-0.2, -0.15) is 0 Å².